The number of piperazine rings is 1. The van der Waals surface area contributed by atoms with Crippen LogP contribution in [0.1, 0.15) is 31.4 Å². The van der Waals surface area contributed by atoms with Crippen molar-refractivity contribution >= 4 is 29.6 Å². The molecule has 0 saturated carbocycles. The number of ether oxygens (including phenoxy) is 1. The zero-order valence-corrected chi connectivity index (χ0v) is 17.9. The molecule has 1 aromatic carbocycles. The van der Waals surface area contributed by atoms with Crippen LogP contribution < -0.4 is 4.90 Å². The van der Waals surface area contributed by atoms with Gasteiger partial charge in [-0.3, -0.25) is 19.3 Å². The van der Waals surface area contributed by atoms with E-state index >= 15 is 0 Å². The molecule has 2 aliphatic rings. The minimum atomic E-state index is -0.833. The second kappa shape index (κ2) is 10.2. The lowest BCUT2D eigenvalue weighted by Crippen LogP contribution is -2.54. The van der Waals surface area contributed by atoms with Crippen LogP contribution in [-0.4, -0.2) is 77.6 Å². The second-order valence-corrected chi connectivity index (χ2v) is 7.32. The second-order valence-electron chi connectivity index (χ2n) is 7.32. The number of benzene rings is 1. The SMILES string of the molecule is CC(=O)O.CCOC(=O)N1CCN(C2CC(=O)N(c3ccc(C)cc3C)C2=O)CC1. The van der Waals surface area contributed by atoms with Crippen molar-refractivity contribution in [3.8, 4) is 0 Å². The summed E-state index contributed by atoms with van der Waals surface area (Å²) in [6.45, 7) is 9.22. The quantitative estimate of drug-likeness (QED) is 0.745. The molecule has 1 aromatic rings. The molecule has 9 nitrogen and oxygen atoms in total. The van der Waals surface area contributed by atoms with Gasteiger partial charge >= 0.3 is 6.09 Å². The summed E-state index contributed by atoms with van der Waals surface area (Å²) in [6.07, 6.45) is -0.135. The molecule has 2 saturated heterocycles. The van der Waals surface area contributed by atoms with Gasteiger partial charge in [-0.1, -0.05) is 17.7 Å². The molecule has 2 aliphatic heterocycles. The molecule has 3 rings (SSSR count). The highest BCUT2D eigenvalue weighted by Crippen LogP contribution is 2.29. The van der Waals surface area contributed by atoms with Crippen LogP contribution in [0.5, 0.6) is 0 Å². The fourth-order valence-electron chi connectivity index (χ4n) is 3.64. The first-order chi connectivity index (χ1) is 14.1. The lowest BCUT2D eigenvalue weighted by molar-refractivity contribution is -0.134. The molecule has 1 N–H and O–H groups in total. The summed E-state index contributed by atoms with van der Waals surface area (Å²) in [5, 5.41) is 7.42. The van der Waals surface area contributed by atoms with Crippen molar-refractivity contribution in [2.75, 3.05) is 37.7 Å². The van der Waals surface area contributed by atoms with Gasteiger partial charge in [0.05, 0.1) is 24.8 Å². The van der Waals surface area contributed by atoms with Crippen LogP contribution >= 0.6 is 0 Å². The standard InChI is InChI=1S/C19H25N3O4.C2H4O2/c1-4-26-19(25)21-9-7-20(8-10-21)16-12-17(23)22(18(16)24)15-6-5-13(2)11-14(15)3;1-2(3)4/h5-6,11,16H,4,7-10,12H2,1-3H3;1H3,(H,3,4). The number of carbonyl (C=O) groups excluding carboxylic acids is 3. The minimum absolute atomic E-state index is 0.167. The van der Waals surface area contributed by atoms with E-state index in [2.05, 4.69) is 0 Å². The number of hydrogen-bond acceptors (Lipinski definition) is 6. The van der Waals surface area contributed by atoms with E-state index in [1.807, 2.05) is 36.9 Å². The Kier molecular flexibility index (Phi) is 7.93. The molecule has 0 radical (unpaired) electrons. The monoisotopic (exact) mass is 419 g/mol. The predicted molar refractivity (Wildman–Crippen MR) is 110 cm³/mol. The van der Waals surface area contributed by atoms with E-state index in [0.29, 0.717) is 38.5 Å². The van der Waals surface area contributed by atoms with E-state index < -0.39 is 12.0 Å². The Bertz CT molecular complexity index is 813. The number of imide groups is 1. The lowest BCUT2D eigenvalue weighted by atomic mass is 10.1. The Morgan fingerprint density at radius 1 is 1.13 bits per heavy atom. The van der Waals surface area contributed by atoms with Gasteiger partial charge < -0.3 is 14.7 Å². The van der Waals surface area contributed by atoms with Crippen molar-refractivity contribution in [3.63, 3.8) is 0 Å². The fraction of sp³-hybridized carbons (Fsp3) is 0.524. The van der Waals surface area contributed by atoms with Gasteiger partial charge in [-0.15, -0.1) is 0 Å². The van der Waals surface area contributed by atoms with E-state index in [9.17, 15) is 14.4 Å². The van der Waals surface area contributed by atoms with E-state index in [0.717, 1.165) is 18.1 Å². The molecule has 2 fully saturated rings. The van der Waals surface area contributed by atoms with Gasteiger partial charge in [-0.25, -0.2) is 9.69 Å². The lowest BCUT2D eigenvalue weighted by Gasteiger charge is -2.36. The number of anilines is 1. The Hall–Kier alpha value is -2.94. The summed E-state index contributed by atoms with van der Waals surface area (Å²) in [7, 11) is 0. The summed E-state index contributed by atoms with van der Waals surface area (Å²) in [6, 6.07) is 5.27. The zero-order valence-electron chi connectivity index (χ0n) is 17.9. The number of carbonyl (C=O) groups is 4. The van der Waals surface area contributed by atoms with Gasteiger partial charge in [-0.2, -0.15) is 0 Å². The minimum Gasteiger partial charge on any atom is -0.481 e. The maximum atomic E-state index is 12.9. The van der Waals surface area contributed by atoms with E-state index in [1.165, 1.54) is 4.90 Å². The number of aliphatic carboxylic acids is 1. The molecule has 164 valence electrons. The summed E-state index contributed by atoms with van der Waals surface area (Å²) in [4.78, 5) is 51.2. The molecule has 0 bridgehead atoms. The highest BCUT2D eigenvalue weighted by atomic mass is 16.6. The fourth-order valence-corrected chi connectivity index (χ4v) is 3.64. The molecule has 1 atom stereocenters. The number of amides is 3. The highest BCUT2D eigenvalue weighted by Gasteiger charge is 2.44. The van der Waals surface area contributed by atoms with Crippen LogP contribution in [0, 0.1) is 13.8 Å². The summed E-state index contributed by atoms with van der Waals surface area (Å²) in [5.41, 5.74) is 2.68. The Morgan fingerprint density at radius 2 is 1.73 bits per heavy atom. The van der Waals surface area contributed by atoms with Gasteiger partial charge in [0.15, 0.2) is 0 Å². The van der Waals surface area contributed by atoms with Crippen LogP contribution in [0.2, 0.25) is 0 Å². The Labute approximate surface area is 176 Å². The average Bonchev–Trinajstić information content (AvgIpc) is 2.96. The third-order valence-corrected chi connectivity index (χ3v) is 5.00. The van der Waals surface area contributed by atoms with Crippen LogP contribution in [0.25, 0.3) is 0 Å². The van der Waals surface area contributed by atoms with Crippen LogP contribution in [0.15, 0.2) is 18.2 Å². The van der Waals surface area contributed by atoms with Gasteiger partial charge in [0.2, 0.25) is 5.91 Å². The van der Waals surface area contributed by atoms with Gasteiger partial charge in [-0.05, 0) is 32.4 Å². The van der Waals surface area contributed by atoms with Crippen molar-refractivity contribution in [3.05, 3.63) is 29.3 Å². The molecule has 2 heterocycles. The van der Waals surface area contributed by atoms with Crippen LogP contribution in [0.3, 0.4) is 0 Å². The maximum absolute atomic E-state index is 12.9. The first-order valence-electron chi connectivity index (χ1n) is 9.95. The highest BCUT2D eigenvalue weighted by molar-refractivity contribution is 6.22. The average molecular weight is 419 g/mol. The topological polar surface area (TPSA) is 107 Å². The predicted octanol–water partition coefficient (Wildman–Crippen LogP) is 1.80. The first-order valence-corrected chi connectivity index (χ1v) is 9.95. The summed E-state index contributed by atoms with van der Waals surface area (Å²) < 4.78 is 5.02. The summed E-state index contributed by atoms with van der Waals surface area (Å²) in [5.74, 6) is -1.17. The Morgan fingerprint density at radius 3 is 2.27 bits per heavy atom. The third-order valence-electron chi connectivity index (χ3n) is 5.00. The number of carboxylic acids is 1. The van der Waals surface area contributed by atoms with Crippen molar-refractivity contribution in [2.45, 2.75) is 40.2 Å². The number of nitrogens with zero attached hydrogens (tertiary/aromatic N) is 3. The van der Waals surface area contributed by atoms with Crippen molar-refractivity contribution in [1.82, 2.24) is 9.80 Å². The normalized spacial score (nSPS) is 19.4. The van der Waals surface area contributed by atoms with Crippen LogP contribution in [-0.2, 0) is 19.1 Å². The summed E-state index contributed by atoms with van der Waals surface area (Å²) >= 11 is 0. The molecule has 3 amide bonds. The molecule has 9 heteroatoms. The number of rotatable bonds is 3. The number of carboxylic acid groups (broad SMARTS) is 1. The van der Waals surface area contributed by atoms with E-state index in [1.54, 1.807) is 11.8 Å². The van der Waals surface area contributed by atoms with Crippen LogP contribution in [0.4, 0.5) is 10.5 Å². The van der Waals surface area contributed by atoms with E-state index in [-0.39, 0.29) is 24.3 Å². The smallest absolute Gasteiger partial charge is 0.409 e. The van der Waals surface area contributed by atoms with Crippen molar-refractivity contribution in [1.29, 1.82) is 0 Å². The number of aryl methyl sites for hydroxylation is 2. The Balaban J connectivity index is 0.000000735. The molecule has 0 spiro atoms. The first kappa shape index (κ1) is 23.3. The number of hydrogen-bond donors (Lipinski definition) is 1. The van der Waals surface area contributed by atoms with Gasteiger partial charge in [0, 0.05) is 33.1 Å². The third kappa shape index (κ3) is 5.56. The molecular weight excluding hydrogens is 390 g/mol. The zero-order chi connectivity index (χ0) is 22.4. The van der Waals surface area contributed by atoms with Crippen molar-refractivity contribution < 1.29 is 29.0 Å². The van der Waals surface area contributed by atoms with E-state index in [4.69, 9.17) is 14.6 Å². The molecular formula is C21H29N3O6. The molecule has 30 heavy (non-hydrogen) atoms. The largest absolute Gasteiger partial charge is 0.481 e. The van der Waals surface area contributed by atoms with Gasteiger partial charge in [0.25, 0.3) is 11.9 Å². The van der Waals surface area contributed by atoms with Crippen molar-refractivity contribution in [2.24, 2.45) is 0 Å². The maximum Gasteiger partial charge on any atom is 0.409 e. The van der Waals surface area contributed by atoms with Gasteiger partial charge in [0.1, 0.15) is 0 Å². The molecule has 1 unspecified atom stereocenters. The molecule has 0 aromatic heterocycles. The molecule has 0 aliphatic carbocycles.